The molecule has 0 radical (unpaired) electrons. The molecule has 5 heteroatoms. The van der Waals surface area contributed by atoms with Gasteiger partial charge < -0.3 is 9.72 Å². The minimum Gasteiger partial charge on any atom is -0.497 e. The third kappa shape index (κ3) is 2.28. The number of fused-ring (bicyclic) bond motifs is 5. The molecule has 3 heterocycles. The van der Waals surface area contributed by atoms with E-state index in [1.165, 1.54) is 22.0 Å². The largest absolute Gasteiger partial charge is 0.497 e. The van der Waals surface area contributed by atoms with Gasteiger partial charge in [0.05, 0.1) is 31.5 Å². The highest BCUT2D eigenvalue weighted by Gasteiger charge is 2.17. The predicted octanol–water partition coefficient (Wildman–Crippen LogP) is 3.93. The number of rotatable bonds is 2. The topological polar surface area (TPSA) is 59.2 Å². The number of methoxy groups -OCH3 is 1. The molecule has 0 aliphatic carbocycles. The van der Waals surface area contributed by atoms with Gasteiger partial charge in [0.15, 0.2) is 0 Å². The zero-order valence-corrected chi connectivity index (χ0v) is 13.8. The standard InChI is InChI=1S/C20H17N3O2/c1-24-14-4-2-3-12(7-14)18-8-16-13(9-21-18)5-6-15-17-11-25-22-10-19(17)23-20(15)16/h2-9,22-23H,10-11H2,1H3. The summed E-state index contributed by atoms with van der Waals surface area (Å²) < 4.78 is 5.33. The quantitative estimate of drug-likeness (QED) is 0.584. The molecule has 0 spiro atoms. The Morgan fingerprint density at radius 2 is 2.08 bits per heavy atom. The molecule has 0 atom stereocenters. The van der Waals surface area contributed by atoms with Gasteiger partial charge in [-0.05, 0) is 18.2 Å². The van der Waals surface area contributed by atoms with Gasteiger partial charge in [-0.1, -0.05) is 24.3 Å². The maximum absolute atomic E-state index is 5.40. The summed E-state index contributed by atoms with van der Waals surface area (Å²) in [6.07, 6.45) is 1.93. The number of nitrogens with one attached hydrogen (secondary N) is 2. The molecule has 1 aliphatic rings. The number of hydrogen-bond donors (Lipinski definition) is 2. The molecule has 1 aliphatic heterocycles. The second-order valence-electron chi connectivity index (χ2n) is 6.20. The van der Waals surface area contributed by atoms with Crippen LogP contribution in [0.3, 0.4) is 0 Å². The van der Waals surface area contributed by atoms with Crippen LogP contribution in [0.1, 0.15) is 11.3 Å². The number of ether oxygens (including phenoxy) is 1. The molecule has 4 aromatic rings. The lowest BCUT2D eigenvalue weighted by molar-refractivity contribution is 0.0109. The fraction of sp³-hybridized carbons (Fsp3) is 0.150. The van der Waals surface area contributed by atoms with Crippen LogP contribution in [0.25, 0.3) is 32.9 Å². The Morgan fingerprint density at radius 3 is 3.00 bits per heavy atom. The van der Waals surface area contributed by atoms with Crippen LogP contribution >= 0.6 is 0 Å². The number of hydrogen-bond acceptors (Lipinski definition) is 4. The van der Waals surface area contributed by atoms with Gasteiger partial charge in [0.1, 0.15) is 5.75 Å². The first kappa shape index (κ1) is 14.5. The Morgan fingerprint density at radius 1 is 1.12 bits per heavy atom. The number of H-pyrrole nitrogens is 1. The number of aromatic nitrogens is 2. The van der Waals surface area contributed by atoms with E-state index in [0.717, 1.165) is 27.9 Å². The van der Waals surface area contributed by atoms with Crippen LogP contribution in [-0.2, 0) is 18.0 Å². The number of nitrogens with zero attached hydrogens (tertiary/aromatic N) is 1. The van der Waals surface area contributed by atoms with E-state index in [1.807, 2.05) is 30.5 Å². The Bertz CT molecular complexity index is 1100. The van der Waals surface area contributed by atoms with Crippen molar-refractivity contribution in [3.05, 3.63) is 59.9 Å². The summed E-state index contributed by atoms with van der Waals surface area (Å²) in [6, 6.07) is 14.4. The average Bonchev–Trinajstić information content (AvgIpc) is 3.07. The summed E-state index contributed by atoms with van der Waals surface area (Å²) >= 11 is 0. The fourth-order valence-electron chi connectivity index (χ4n) is 3.49. The Hall–Kier alpha value is -2.89. The first-order valence-electron chi connectivity index (χ1n) is 8.25. The van der Waals surface area contributed by atoms with Crippen molar-refractivity contribution >= 4 is 21.7 Å². The maximum atomic E-state index is 5.40. The third-order valence-corrected chi connectivity index (χ3v) is 4.80. The lowest BCUT2D eigenvalue weighted by atomic mass is 10.0. The molecule has 2 aromatic heterocycles. The Balaban J connectivity index is 1.74. The molecule has 0 amide bonds. The summed E-state index contributed by atoms with van der Waals surface area (Å²) in [6.45, 7) is 1.27. The molecular weight excluding hydrogens is 314 g/mol. The van der Waals surface area contributed by atoms with Gasteiger partial charge in [0, 0.05) is 39.2 Å². The minimum atomic E-state index is 0.578. The van der Waals surface area contributed by atoms with Crippen LogP contribution in [0.2, 0.25) is 0 Å². The molecule has 5 nitrogen and oxygen atoms in total. The van der Waals surface area contributed by atoms with Gasteiger partial charge in [-0.25, -0.2) is 0 Å². The molecule has 0 saturated carbocycles. The third-order valence-electron chi connectivity index (χ3n) is 4.80. The van der Waals surface area contributed by atoms with Gasteiger partial charge in [-0.2, -0.15) is 5.48 Å². The number of aromatic amines is 1. The molecule has 0 bridgehead atoms. The predicted molar refractivity (Wildman–Crippen MR) is 97.2 cm³/mol. The van der Waals surface area contributed by atoms with Crippen molar-refractivity contribution in [3.8, 4) is 17.0 Å². The lowest BCUT2D eigenvalue weighted by Crippen LogP contribution is -2.20. The molecule has 2 N–H and O–H groups in total. The van der Waals surface area contributed by atoms with Crippen LogP contribution in [0, 0.1) is 0 Å². The van der Waals surface area contributed by atoms with Crippen molar-refractivity contribution in [3.63, 3.8) is 0 Å². The van der Waals surface area contributed by atoms with Crippen molar-refractivity contribution in [1.82, 2.24) is 15.4 Å². The number of benzene rings is 2. The van der Waals surface area contributed by atoms with Crippen LogP contribution in [-0.4, -0.2) is 17.1 Å². The zero-order chi connectivity index (χ0) is 16.8. The molecule has 0 unspecified atom stereocenters. The van der Waals surface area contributed by atoms with Crippen LogP contribution in [0.4, 0.5) is 0 Å². The summed E-state index contributed by atoms with van der Waals surface area (Å²) in [4.78, 5) is 13.6. The second kappa shape index (κ2) is 5.58. The van der Waals surface area contributed by atoms with Crippen molar-refractivity contribution < 1.29 is 9.57 Å². The van der Waals surface area contributed by atoms with E-state index in [1.54, 1.807) is 7.11 Å². The molecule has 0 saturated heterocycles. The summed E-state index contributed by atoms with van der Waals surface area (Å²) in [7, 11) is 1.68. The van der Waals surface area contributed by atoms with Crippen molar-refractivity contribution in [1.29, 1.82) is 0 Å². The van der Waals surface area contributed by atoms with E-state index in [4.69, 9.17) is 9.57 Å². The number of pyridine rings is 1. The first-order chi connectivity index (χ1) is 12.3. The van der Waals surface area contributed by atoms with Crippen LogP contribution < -0.4 is 10.2 Å². The molecular formula is C20H17N3O2. The summed E-state index contributed by atoms with van der Waals surface area (Å²) in [5.41, 5.74) is 8.48. The minimum absolute atomic E-state index is 0.578. The molecule has 5 rings (SSSR count). The first-order valence-corrected chi connectivity index (χ1v) is 8.25. The van der Waals surface area contributed by atoms with Crippen molar-refractivity contribution in [2.75, 3.05) is 7.11 Å². The zero-order valence-electron chi connectivity index (χ0n) is 13.8. The van der Waals surface area contributed by atoms with E-state index in [9.17, 15) is 0 Å². The highest BCUT2D eigenvalue weighted by atomic mass is 16.6. The summed E-state index contributed by atoms with van der Waals surface area (Å²) in [5.74, 6) is 0.830. The molecule has 0 fully saturated rings. The van der Waals surface area contributed by atoms with Gasteiger partial charge in [-0.3, -0.25) is 9.82 Å². The molecule has 124 valence electrons. The van der Waals surface area contributed by atoms with Gasteiger partial charge >= 0.3 is 0 Å². The normalized spacial score (nSPS) is 14.0. The SMILES string of the molecule is COc1cccc(-c2cc3c(ccc4c5c([nH]c43)CNOC5)cn2)c1. The fourth-order valence-corrected chi connectivity index (χ4v) is 3.49. The van der Waals surface area contributed by atoms with E-state index in [0.29, 0.717) is 13.2 Å². The van der Waals surface area contributed by atoms with E-state index in [2.05, 4.69) is 33.6 Å². The van der Waals surface area contributed by atoms with E-state index < -0.39 is 0 Å². The Kier molecular flexibility index (Phi) is 3.23. The average molecular weight is 331 g/mol. The molecule has 2 aromatic carbocycles. The van der Waals surface area contributed by atoms with Gasteiger partial charge in [0.25, 0.3) is 0 Å². The smallest absolute Gasteiger partial charge is 0.119 e. The Labute approximate surface area is 144 Å². The monoisotopic (exact) mass is 331 g/mol. The van der Waals surface area contributed by atoms with Gasteiger partial charge in [0.2, 0.25) is 0 Å². The van der Waals surface area contributed by atoms with Crippen molar-refractivity contribution in [2.45, 2.75) is 13.2 Å². The summed E-state index contributed by atoms with van der Waals surface area (Å²) in [5, 5.41) is 3.50. The maximum Gasteiger partial charge on any atom is 0.119 e. The van der Waals surface area contributed by atoms with Crippen LogP contribution in [0.5, 0.6) is 5.75 Å². The number of hydroxylamine groups is 1. The second-order valence-corrected chi connectivity index (χ2v) is 6.20. The highest BCUT2D eigenvalue weighted by molar-refractivity contribution is 6.07. The highest BCUT2D eigenvalue weighted by Crippen LogP contribution is 2.33. The van der Waals surface area contributed by atoms with E-state index >= 15 is 0 Å². The lowest BCUT2D eigenvalue weighted by Gasteiger charge is -2.12. The van der Waals surface area contributed by atoms with Gasteiger partial charge in [-0.15, -0.1) is 0 Å². The molecule has 25 heavy (non-hydrogen) atoms. The van der Waals surface area contributed by atoms with E-state index in [-0.39, 0.29) is 0 Å². The van der Waals surface area contributed by atoms with Crippen LogP contribution in [0.15, 0.2) is 48.7 Å². The van der Waals surface area contributed by atoms with Crippen molar-refractivity contribution in [2.24, 2.45) is 0 Å².